The SMILES string of the molecule is CC.CCC(C)(C)CC.CNCCC(C)N1CCC2(CCN(C)CC2)CC1.[HH]. The molecule has 166 valence electrons. The first-order chi connectivity index (χ1) is 12.8. The third kappa shape index (κ3) is 10.3. The third-order valence-corrected chi connectivity index (χ3v) is 7.26. The molecule has 2 aliphatic heterocycles. The molecule has 2 heterocycles. The molecule has 2 rings (SSSR count). The summed E-state index contributed by atoms with van der Waals surface area (Å²) in [6, 6.07) is 0.751. The second-order valence-corrected chi connectivity index (χ2v) is 9.45. The summed E-state index contributed by atoms with van der Waals surface area (Å²) in [4.78, 5) is 5.20. The van der Waals surface area contributed by atoms with Crippen LogP contribution in [0, 0.1) is 10.8 Å². The van der Waals surface area contributed by atoms with Crippen molar-refractivity contribution in [2.45, 2.75) is 99.5 Å². The molecule has 2 fully saturated rings. The van der Waals surface area contributed by atoms with Gasteiger partial charge in [0.25, 0.3) is 0 Å². The fourth-order valence-corrected chi connectivity index (χ4v) is 3.82. The second-order valence-electron chi connectivity index (χ2n) is 9.45. The van der Waals surface area contributed by atoms with Gasteiger partial charge in [0.15, 0.2) is 0 Å². The minimum absolute atomic E-state index is 0. The molecule has 3 heteroatoms. The topological polar surface area (TPSA) is 18.5 Å². The van der Waals surface area contributed by atoms with Crippen LogP contribution in [-0.4, -0.2) is 62.7 Å². The van der Waals surface area contributed by atoms with Crippen molar-refractivity contribution in [3.63, 3.8) is 0 Å². The molecule has 0 aromatic rings. The van der Waals surface area contributed by atoms with E-state index in [2.05, 4.69) is 63.8 Å². The molecule has 0 radical (unpaired) electrons. The zero-order valence-electron chi connectivity index (χ0n) is 20.5. The first kappa shape index (κ1) is 26.9. The van der Waals surface area contributed by atoms with Gasteiger partial charge in [-0.15, -0.1) is 0 Å². The molecule has 0 bridgehead atoms. The lowest BCUT2D eigenvalue weighted by molar-refractivity contribution is 0.0278. The second kappa shape index (κ2) is 14.0. The van der Waals surface area contributed by atoms with Gasteiger partial charge < -0.3 is 15.1 Å². The molecular formula is C24H55N3. The highest BCUT2D eigenvalue weighted by molar-refractivity contribution is 4.91. The lowest BCUT2D eigenvalue weighted by Gasteiger charge is -2.47. The van der Waals surface area contributed by atoms with E-state index in [0.717, 1.165) is 12.6 Å². The van der Waals surface area contributed by atoms with Crippen LogP contribution in [0.15, 0.2) is 0 Å². The molecule has 2 aliphatic rings. The normalized spacial score (nSPS) is 21.7. The van der Waals surface area contributed by atoms with Crippen LogP contribution >= 0.6 is 0 Å². The number of hydrogen-bond acceptors (Lipinski definition) is 3. The van der Waals surface area contributed by atoms with Crippen LogP contribution in [0.2, 0.25) is 0 Å². The Morgan fingerprint density at radius 3 is 1.78 bits per heavy atom. The number of piperidine rings is 2. The van der Waals surface area contributed by atoms with E-state index in [-0.39, 0.29) is 1.43 Å². The Kier molecular flexibility index (Phi) is 13.9. The van der Waals surface area contributed by atoms with Crippen LogP contribution in [-0.2, 0) is 0 Å². The molecule has 0 saturated carbocycles. The molecule has 1 atom stereocenters. The molecule has 0 amide bonds. The summed E-state index contributed by atoms with van der Waals surface area (Å²) >= 11 is 0. The maximum atomic E-state index is 3.27. The number of likely N-dealkylation sites (tertiary alicyclic amines) is 2. The van der Waals surface area contributed by atoms with E-state index in [0.29, 0.717) is 10.8 Å². The van der Waals surface area contributed by atoms with Gasteiger partial charge in [0.2, 0.25) is 0 Å². The summed E-state index contributed by atoms with van der Waals surface area (Å²) in [6.07, 6.45) is 9.61. The smallest absolute Gasteiger partial charge is 0.00790 e. The average molecular weight is 386 g/mol. The van der Waals surface area contributed by atoms with Gasteiger partial charge in [0.05, 0.1) is 0 Å². The Hall–Kier alpha value is -0.120. The predicted molar refractivity (Wildman–Crippen MR) is 126 cm³/mol. The van der Waals surface area contributed by atoms with Crippen LogP contribution in [0.3, 0.4) is 0 Å². The summed E-state index contributed by atoms with van der Waals surface area (Å²) in [5.74, 6) is 0. The minimum atomic E-state index is 0. The number of nitrogens with zero attached hydrogens (tertiary/aromatic N) is 2. The summed E-state index contributed by atoms with van der Waals surface area (Å²) < 4.78 is 0. The Morgan fingerprint density at radius 2 is 1.41 bits per heavy atom. The van der Waals surface area contributed by atoms with Gasteiger partial charge in [-0.25, -0.2) is 0 Å². The summed E-state index contributed by atoms with van der Waals surface area (Å²) in [6.45, 7) is 21.9. The highest BCUT2D eigenvalue weighted by Gasteiger charge is 2.37. The van der Waals surface area contributed by atoms with Crippen molar-refractivity contribution in [1.82, 2.24) is 15.1 Å². The van der Waals surface area contributed by atoms with Gasteiger partial charge in [-0.2, -0.15) is 0 Å². The van der Waals surface area contributed by atoms with Gasteiger partial charge in [-0.05, 0) is 96.7 Å². The van der Waals surface area contributed by atoms with E-state index in [1.165, 1.54) is 71.1 Å². The minimum Gasteiger partial charge on any atom is -0.320 e. The molecule has 1 unspecified atom stereocenters. The maximum Gasteiger partial charge on any atom is 0.00790 e. The molecule has 0 aliphatic carbocycles. The molecule has 1 N–H and O–H groups in total. The molecule has 3 nitrogen and oxygen atoms in total. The first-order valence-electron chi connectivity index (χ1n) is 11.8. The van der Waals surface area contributed by atoms with Gasteiger partial charge in [0, 0.05) is 7.47 Å². The van der Waals surface area contributed by atoms with Crippen molar-refractivity contribution in [3.8, 4) is 0 Å². The zero-order chi connectivity index (χ0) is 20.9. The predicted octanol–water partition coefficient (Wildman–Crippen LogP) is 5.90. The lowest BCUT2D eigenvalue weighted by atomic mass is 9.71. The van der Waals surface area contributed by atoms with Crippen LogP contribution in [0.25, 0.3) is 0 Å². The monoisotopic (exact) mass is 385 g/mol. The van der Waals surface area contributed by atoms with Crippen LogP contribution in [0.4, 0.5) is 0 Å². The van der Waals surface area contributed by atoms with Crippen molar-refractivity contribution < 1.29 is 1.43 Å². The average Bonchev–Trinajstić information content (AvgIpc) is 2.71. The quantitative estimate of drug-likeness (QED) is 0.614. The lowest BCUT2D eigenvalue weighted by Crippen LogP contribution is -2.48. The Balaban J connectivity index is 0. The standard InChI is InChI=1S/C15H31N3.C7H16.C2H6.H2/c1-14(4-9-16-2)18-12-7-15(8-13-18)5-10-17(3)11-6-15;1-5-7(3,4)6-2;1-2;/h14,16H,4-13H2,1-3H3;5-6H2,1-4H3;1-2H3;1H. The number of hydrogen-bond donors (Lipinski definition) is 1. The molecule has 27 heavy (non-hydrogen) atoms. The van der Waals surface area contributed by atoms with Crippen molar-refractivity contribution >= 4 is 0 Å². The zero-order valence-corrected chi connectivity index (χ0v) is 20.5. The molecular weight excluding hydrogens is 330 g/mol. The van der Waals surface area contributed by atoms with E-state index in [4.69, 9.17) is 0 Å². The first-order valence-corrected chi connectivity index (χ1v) is 11.8. The largest absolute Gasteiger partial charge is 0.320 e. The van der Waals surface area contributed by atoms with Gasteiger partial charge in [-0.3, -0.25) is 0 Å². The van der Waals surface area contributed by atoms with Crippen LogP contribution in [0.5, 0.6) is 0 Å². The van der Waals surface area contributed by atoms with Gasteiger partial charge in [0.1, 0.15) is 0 Å². The summed E-state index contributed by atoms with van der Waals surface area (Å²) in [7, 11) is 4.32. The number of rotatable bonds is 6. The van der Waals surface area contributed by atoms with E-state index >= 15 is 0 Å². The number of nitrogens with one attached hydrogen (secondary N) is 1. The Labute approximate surface area is 174 Å². The third-order valence-electron chi connectivity index (χ3n) is 7.26. The summed E-state index contributed by atoms with van der Waals surface area (Å²) in [5.41, 5.74) is 1.28. The van der Waals surface area contributed by atoms with Crippen LogP contribution in [0.1, 0.15) is 94.8 Å². The van der Waals surface area contributed by atoms with Crippen molar-refractivity contribution in [1.29, 1.82) is 0 Å². The highest BCUT2D eigenvalue weighted by Crippen LogP contribution is 2.41. The van der Waals surface area contributed by atoms with Gasteiger partial charge in [-0.1, -0.05) is 54.4 Å². The Bertz CT molecular complexity index is 336. The van der Waals surface area contributed by atoms with Crippen molar-refractivity contribution in [3.05, 3.63) is 0 Å². The molecule has 2 saturated heterocycles. The Morgan fingerprint density at radius 1 is 0.963 bits per heavy atom. The summed E-state index contributed by atoms with van der Waals surface area (Å²) in [5, 5.41) is 3.27. The van der Waals surface area contributed by atoms with E-state index in [9.17, 15) is 0 Å². The molecule has 0 aromatic heterocycles. The molecule has 1 spiro atoms. The van der Waals surface area contributed by atoms with E-state index in [1.807, 2.05) is 13.8 Å². The van der Waals surface area contributed by atoms with E-state index < -0.39 is 0 Å². The maximum absolute atomic E-state index is 3.27. The highest BCUT2D eigenvalue weighted by atomic mass is 15.2. The van der Waals surface area contributed by atoms with Crippen LogP contribution < -0.4 is 5.32 Å². The fourth-order valence-electron chi connectivity index (χ4n) is 3.82. The van der Waals surface area contributed by atoms with Crippen molar-refractivity contribution in [2.75, 3.05) is 46.8 Å². The van der Waals surface area contributed by atoms with Gasteiger partial charge >= 0.3 is 0 Å². The van der Waals surface area contributed by atoms with Crippen molar-refractivity contribution in [2.24, 2.45) is 10.8 Å². The molecule has 0 aromatic carbocycles. The van der Waals surface area contributed by atoms with E-state index in [1.54, 1.807) is 0 Å². The fraction of sp³-hybridized carbons (Fsp3) is 1.00.